The van der Waals surface area contributed by atoms with Gasteiger partial charge in [-0.1, -0.05) is 45.9 Å². The van der Waals surface area contributed by atoms with E-state index in [4.69, 9.17) is 15.6 Å². The van der Waals surface area contributed by atoms with Gasteiger partial charge in [0.05, 0.1) is 17.2 Å². The number of ether oxygens (including phenoxy) is 1. The van der Waals surface area contributed by atoms with Crippen molar-refractivity contribution < 1.29 is 19.4 Å². The first-order valence-corrected chi connectivity index (χ1v) is 9.92. The molecule has 0 heterocycles. The molecule has 1 atom stereocenters. The summed E-state index contributed by atoms with van der Waals surface area (Å²) in [5.41, 5.74) is 10.6. The summed E-state index contributed by atoms with van der Waals surface area (Å²) >= 11 is 0. The summed E-state index contributed by atoms with van der Waals surface area (Å²) in [5, 5.41) is 8.94. The summed E-state index contributed by atoms with van der Waals surface area (Å²) in [6.45, 7) is 9.13. The molecule has 0 bridgehead atoms. The Labute approximate surface area is 171 Å². The molecule has 1 aliphatic rings. The maximum Gasteiger partial charge on any atom is 0.338 e. The van der Waals surface area contributed by atoms with Gasteiger partial charge in [0.25, 0.3) is 0 Å². The van der Waals surface area contributed by atoms with Gasteiger partial charge in [-0.2, -0.15) is 0 Å². The van der Waals surface area contributed by atoms with E-state index in [-0.39, 0.29) is 23.0 Å². The van der Waals surface area contributed by atoms with Gasteiger partial charge >= 0.3 is 11.9 Å². The molecule has 2 aromatic rings. The minimum atomic E-state index is -1.04. The molecule has 0 radical (unpaired) electrons. The lowest BCUT2D eigenvalue weighted by molar-refractivity contribution is 0.0479. The van der Waals surface area contributed by atoms with E-state index in [1.165, 1.54) is 35.4 Å². The van der Waals surface area contributed by atoms with Crippen molar-refractivity contribution >= 4 is 11.9 Å². The van der Waals surface area contributed by atoms with E-state index in [9.17, 15) is 9.59 Å². The lowest BCUT2D eigenvalue weighted by Crippen LogP contribution is -2.34. The Morgan fingerprint density at radius 2 is 1.52 bits per heavy atom. The van der Waals surface area contributed by atoms with Crippen molar-refractivity contribution in [2.75, 3.05) is 6.61 Å². The molecule has 0 spiro atoms. The number of hydrogen-bond acceptors (Lipinski definition) is 4. The molecule has 0 aromatic heterocycles. The minimum absolute atomic E-state index is 0.0577. The average Bonchev–Trinajstić information content (AvgIpc) is 2.69. The summed E-state index contributed by atoms with van der Waals surface area (Å²) in [7, 11) is 0. The second-order valence-electron chi connectivity index (χ2n) is 9.16. The largest absolute Gasteiger partial charge is 0.478 e. The van der Waals surface area contributed by atoms with E-state index in [0.717, 1.165) is 18.4 Å². The second kappa shape index (κ2) is 7.64. The molecule has 154 valence electrons. The Morgan fingerprint density at radius 1 is 0.966 bits per heavy atom. The van der Waals surface area contributed by atoms with Gasteiger partial charge in [-0.3, -0.25) is 0 Å². The Kier molecular flexibility index (Phi) is 5.54. The SMILES string of the molecule is CC1(C)CCC(C)(C)c2cc(C(N)COC(=O)c3ccc(C(=O)O)cc3)ccc21. The lowest BCUT2D eigenvalue weighted by Gasteiger charge is -2.42. The van der Waals surface area contributed by atoms with E-state index in [1.54, 1.807) is 0 Å². The normalized spacial score (nSPS) is 17.8. The number of carbonyl (C=O) groups excluding carboxylic acids is 1. The van der Waals surface area contributed by atoms with E-state index >= 15 is 0 Å². The average molecular weight is 395 g/mol. The first-order valence-electron chi connectivity index (χ1n) is 9.92. The van der Waals surface area contributed by atoms with Gasteiger partial charge < -0.3 is 15.6 Å². The highest BCUT2D eigenvalue weighted by atomic mass is 16.5. The van der Waals surface area contributed by atoms with Gasteiger partial charge in [-0.25, -0.2) is 9.59 Å². The smallest absolute Gasteiger partial charge is 0.338 e. The van der Waals surface area contributed by atoms with Crippen LogP contribution >= 0.6 is 0 Å². The fourth-order valence-corrected chi connectivity index (χ4v) is 3.93. The van der Waals surface area contributed by atoms with Crippen LogP contribution in [-0.4, -0.2) is 23.7 Å². The van der Waals surface area contributed by atoms with E-state index in [2.05, 4.69) is 39.8 Å². The summed E-state index contributed by atoms with van der Waals surface area (Å²) < 4.78 is 5.37. The minimum Gasteiger partial charge on any atom is -0.478 e. The molecule has 0 aliphatic heterocycles. The van der Waals surface area contributed by atoms with Crippen LogP contribution in [0.3, 0.4) is 0 Å². The number of aromatic carboxylic acids is 1. The molecule has 1 unspecified atom stereocenters. The third-order valence-corrected chi connectivity index (χ3v) is 6.07. The van der Waals surface area contributed by atoms with E-state index in [0.29, 0.717) is 5.56 Å². The molecule has 3 N–H and O–H groups in total. The maximum absolute atomic E-state index is 12.3. The molecule has 0 fully saturated rings. The number of carboxylic acid groups (broad SMARTS) is 1. The van der Waals surface area contributed by atoms with Crippen LogP contribution in [0.1, 0.15) is 84.0 Å². The van der Waals surface area contributed by atoms with Crippen LogP contribution in [0.25, 0.3) is 0 Å². The molecule has 0 amide bonds. The number of nitrogens with two attached hydrogens (primary N) is 1. The van der Waals surface area contributed by atoms with Crippen molar-refractivity contribution in [3.8, 4) is 0 Å². The molecule has 5 nitrogen and oxygen atoms in total. The van der Waals surface area contributed by atoms with Crippen LogP contribution in [0.15, 0.2) is 42.5 Å². The molecule has 2 aromatic carbocycles. The second-order valence-corrected chi connectivity index (χ2v) is 9.16. The number of carboxylic acids is 1. The highest BCUT2D eigenvalue weighted by molar-refractivity contribution is 5.92. The van der Waals surface area contributed by atoms with Gasteiger partial charge in [-0.05, 0) is 64.6 Å². The molecule has 1 aliphatic carbocycles. The molecule has 5 heteroatoms. The standard InChI is InChI=1S/C24H29NO4/c1-23(2)11-12-24(3,4)19-13-17(9-10-18(19)23)20(25)14-29-22(28)16-7-5-15(6-8-16)21(26)27/h5-10,13,20H,11-12,14,25H2,1-4H3,(H,26,27). The van der Waals surface area contributed by atoms with Crippen molar-refractivity contribution in [2.24, 2.45) is 5.73 Å². The predicted octanol–water partition coefficient (Wildman–Crippen LogP) is 4.59. The zero-order valence-corrected chi connectivity index (χ0v) is 17.5. The highest BCUT2D eigenvalue weighted by Crippen LogP contribution is 2.46. The molecule has 3 rings (SSSR count). The van der Waals surface area contributed by atoms with E-state index < -0.39 is 18.0 Å². The molecule has 29 heavy (non-hydrogen) atoms. The number of benzene rings is 2. The first kappa shape index (κ1) is 21.1. The Bertz CT molecular complexity index is 928. The molecular weight excluding hydrogens is 366 g/mol. The molecular formula is C24H29NO4. The van der Waals surface area contributed by atoms with Crippen LogP contribution in [0.5, 0.6) is 0 Å². The third kappa shape index (κ3) is 4.35. The van der Waals surface area contributed by atoms with Crippen LogP contribution in [0, 0.1) is 0 Å². The van der Waals surface area contributed by atoms with E-state index in [1.807, 2.05) is 6.07 Å². The zero-order valence-electron chi connectivity index (χ0n) is 17.5. The fraction of sp³-hybridized carbons (Fsp3) is 0.417. The Morgan fingerprint density at radius 3 is 2.10 bits per heavy atom. The van der Waals surface area contributed by atoms with Crippen molar-refractivity contribution in [1.82, 2.24) is 0 Å². The Balaban J connectivity index is 1.72. The zero-order chi connectivity index (χ0) is 21.4. The van der Waals surface area contributed by atoms with Crippen LogP contribution in [-0.2, 0) is 15.6 Å². The maximum atomic E-state index is 12.3. The summed E-state index contributed by atoms with van der Waals surface area (Å²) in [6.07, 6.45) is 2.27. The number of rotatable bonds is 5. The van der Waals surface area contributed by atoms with Gasteiger partial charge in [0.2, 0.25) is 0 Å². The Hall–Kier alpha value is -2.66. The quantitative estimate of drug-likeness (QED) is 0.723. The van der Waals surface area contributed by atoms with Gasteiger partial charge in [0.1, 0.15) is 6.61 Å². The van der Waals surface area contributed by atoms with Crippen LogP contribution in [0.2, 0.25) is 0 Å². The summed E-state index contributed by atoms with van der Waals surface area (Å²) in [5.74, 6) is -1.55. The lowest BCUT2D eigenvalue weighted by atomic mass is 9.63. The van der Waals surface area contributed by atoms with Crippen LogP contribution < -0.4 is 5.73 Å². The van der Waals surface area contributed by atoms with Crippen molar-refractivity contribution in [2.45, 2.75) is 57.4 Å². The number of esters is 1. The van der Waals surface area contributed by atoms with Crippen LogP contribution in [0.4, 0.5) is 0 Å². The van der Waals surface area contributed by atoms with Gasteiger partial charge in [-0.15, -0.1) is 0 Å². The number of hydrogen-bond donors (Lipinski definition) is 2. The van der Waals surface area contributed by atoms with Gasteiger partial charge in [0, 0.05) is 0 Å². The fourth-order valence-electron chi connectivity index (χ4n) is 3.93. The molecule has 0 saturated carbocycles. The van der Waals surface area contributed by atoms with Gasteiger partial charge in [0.15, 0.2) is 0 Å². The van der Waals surface area contributed by atoms with Crippen molar-refractivity contribution in [1.29, 1.82) is 0 Å². The third-order valence-electron chi connectivity index (χ3n) is 6.07. The number of carbonyl (C=O) groups is 2. The monoisotopic (exact) mass is 395 g/mol. The highest BCUT2D eigenvalue weighted by Gasteiger charge is 2.37. The first-order chi connectivity index (χ1) is 13.5. The topological polar surface area (TPSA) is 89.6 Å². The van der Waals surface area contributed by atoms with Crippen molar-refractivity contribution in [3.05, 3.63) is 70.3 Å². The summed E-state index contributed by atoms with van der Waals surface area (Å²) in [6, 6.07) is 11.6. The molecule has 0 saturated heterocycles. The predicted molar refractivity (Wildman–Crippen MR) is 112 cm³/mol. The number of fused-ring (bicyclic) bond motifs is 1. The van der Waals surface area contributed by atoms with Crippen molar-refractivity contribution in [3.63, 3.8) is 0 Å². The summed E-state index contributed by atoms with van der Waals surface area (Å²) in [4.78, 5) is 23.2.